The molecule has 1 aliphatic carbocycles. The molecule has 60 valence electrons. The van der Waals surface area contributed by atoms with Crippen LogP contribution in [0.2, 0.25) is 0 Å². The molecule has 0 bridgehead atoms. The summed E-state index contributed by atoms with van der Waals surface area (Å²) in [7, 11) is 0. The third kappa shape index (κ3) is 1.40. The number of aliphatic hydroxyl groups excluding tert-OH is 1. The topological polar surface area (TPSA) is 37.3 Å². The molecule has 0 amide bonds. The zero-order valence-electron chi connectivity index (χ0n) is 6.63. The van der Waals surface area contributed by atoms with E-state index in [1.54, 1.807) is 13.0 Å². The van der Waals surface area contributed by atoms with Crippen LogP contribution >= 0.6 is 0 Å². The number of ketones is 1. The molecule has 0 heterocycles. The van der Waals surface area contributed by atoms with E-state index in [0.29, 0.717) is 12.0 Å². The van der Waals surface area contributed by atoms with Crippen LogP contribution in [0.15, 0.2) is 23.8 Å². The molecule has 0 aliphatic heterocycles. The lowest BCUT2D eigenvalue weighted by Crippen LogP contribution is -2.25. The van der Waals surface area contributed by atoms with Crippen molar-refractivity contribution >= 4 is 5.78 Å². The SMILES string of the molecule is C=CC1=C(C)C(=O)[C@@H](O)CC1. The standard InChI is InChI=1S/C9H12O2/c1-3-7-4-5-8(10)9(11)6(7)2/h3,8,10H,1,4-5H2,2H3/t8-/m0/s1. The van der Waals surface area contributed by atoms with Crippen molar-refractivity contribution in [1.29, 1.82) is 0 Å². The highest BCUT2D eigenvalue weighted by Crippen LogP contribution is 2.22. The van der Waals surface area contributed by atoms with Gasteiger partial charge in [-0.1, -0.05) is 12.7 Å². The Labute approximate surface area is 66.2 Å². The second-order valence-corrected chi connectivity index (χ2v) is 2.77. The van der Waals surface area contributed by atoms with E-state index >= 15 is 0 Å². The molecule has 11 heavy (non-hydrogen) atoms. The van der Waals surface area contributed by atoms with Crippen LogP contribution in [0.1, 0.15) is 19.8 Å². The Morgan fingerprint density at radius 1 is 1.73 bits per heavy atom. The monoisotopic (exact) mass is 152 g/mol. The molecule has 1 aliphatic rings. The second-order valence-electron chi connectivity index (χ2n) is 2.77. The van der Waals surface area contributed by atoms with Gasteiger partial charge in [0.25, 0.3) is 0 Å². The Bertz CT molecular complexity index is 226. The molecule has 2 nitrogen and oxygen atoms in total. The summed E-state index contributed by atoms with van der Waals surface area (Å²) in [5.41, 5.74) is 1.64. The van der Waals surface area contributed by atoms with Crippen LogP contribution in [0.25, 0.3) is 0 Å². The molecular formula is C9H12O2. The summed E-state index contributed by atoms with van der Waals surface area (Å²) < 4.78 is 0. The quantitative estimate of drug-likeness (QED) is 0.613. The first-order valence-electron chi connectivity index (χ1n) is 3.71. The summed E-state index contributed by atoms with van der Waals surface area (Å²) in [5.74, 6) is -0.147. The molecule has 0 aromatic rings. The molecule has 0 radical (unpaired) electrons. The van der Waals surface area contributed by atoms with Gasteiger partial charge in [-0.25, -0.2) is 0 Å². The first-order chi connectivity index (χ1) is 5.16. The lowest BCUT2D eigenvalue weighted by molar-refractivity contribution is -0.124. The molecule has 0 saturated carbocycles. The van der Waals surface area contributed by atoms with E-state index in [1.165, 1.54) is 0 Å². The van der Waals surface area contributed by atoms with Crippen molar-refractivity contribution in [1.82, 2.24) is 0 Å². The summed E-state index contributed by atoms with van der Waals surface area (Å²) >= 11 is 0. The van der Waals surface area contributed by atoms with Crippen molar-refractivity contribution in [3.05, 3.63) is 23.8 Å². The van der Waals surface area contributed by atoms with Gasteiger partial charge < -0.3 is 5.11 Å². The van der Waals surface area contributed by atoms with Crippen LogP contribution in [0, 0.1) is 0 Å². The smallest absolute Gasteiger partial charge is 0.187 e. The third-order valence-corrected chi connectivity index (χ3v) is 2.09. The van der Waals surface area contributed by atoms with Crippen LogP contribution in [-0.2, 0) is 4.79 Å². The maximum absolute atomic E-state index is 11.1. The van der Waals surface area contributed by atoms with E-state index in [2.05, 4.69) is 6.58 Å². The van der Waals surface area contributed by atoms with Crippen LogP contribution < -0.4 is 0 Å². The lowest BCUT2D eigenvalue weighted by atomic mass is 9.90. The number of Topliss-reactive ketones (excluding diaryl/α,β-unsaturated/α-hetero) is 1. The molecule has 0 fully saturated rings. The summed E-state index contributed by atoms with van der Waals surface area (Å²) in [4.78, 5) is 11.1. The Kier molecular flexibility index (Phi) is 2.25. The highest BCUT2D eigenvalue weighted by Gasteiger charge is 2.23. The minimum atomic E-state index is -0.779. The number of hydrogen-bond donors (Lipinski definition) is 1. The van der Waals surface area contributed by atoms with Crippen molar-refractivity contribution in [3.8, 4) is 0 Å². The first-order valence-corrected chi connectivity index (χ1v) is 3.71. The number of carbonyl (C=O) groups is 1. The van der Waals surface area contributed by atoms with Crippen LogP contribution in [0.4, 0.5) is 0 Å². The van der Waals surface area contributed by atoms with Gasteiger partial charge in [-0.3, -0.25) is 4.79 Å². The maximum Gasteiger partial charge on any atom is 0.187 e. The van der Waals surface area contributed by atoms with Gasteiger partial charge in [-0.05, 0) is 30.9 Å². The van der Waals surface area contributed by atoms with Gasteiger partial charge in [0, 0.05) is 0 Å². The predicted octanol–water partition coefficient (Wildman–Crippen LogP) is 1.21. The summed E-state index contributed by atoms with van der Waals surface area (Å²) in [6, 6.07) is 0. The normalized spacial score (nSPS) is 25.6. The molecule has 1 atom stereocenters. The Hall–Kier alpha value is -0.890. The fraction of sp³-hybridized carbons (Fsp3) is 0.444. The molecule has 1 N–H and O–H groups in total. The number of aliphatic hydroxyl groups is 1. The highest BCUT2D eigenvalue weighted by molar-refractivity contribution is 6.00. The molecule has 1 rings (SSSR count). The minimum absolute atomic E-state index is 0.147. The van der Waals surface area contributed by atoms with Gasteiger partial charge in [0.15, 0.2) is 5.78 Å². The molecule has 2 heteroatoms. The molecule has 0 unspecified atom stereocenters. The maximum atomic E-state index is 11.1. The minimum Gasteiger partial charge on any atom is -0.385 e. The zero-order chi connectivity index (χ0) is 8.43. The van der Waals surface area contributed by atoms with E-state index in [0.717, 1.165) is 12.0 Å². The van der Waals surface area contributed by atoms with Crippen molar-refractivity contribution in [3.63, 3.8) is 0 Å². The van der Waals surface area contributed by atoms with Crippen LogP contribution in [0.5, 0.6) is 0 Å². The Morgan fingerprint density at radius 3 is 2.91 bits per heavy atom. The van der Waals surface area contributed by atoms with E-state index in [4.69, 9.17) is 5.11 Å². The highest BCUT2D eigenvalue weighted by atomic mass is 16.3. The zero-order valence-corrected chi connectivity index (χ0v) is 6.63. The first kappa shape index (κ1) is 8.21. The molecule has 0 spiro atoms. The Balaban J connectivity index is 2.95. The number of allylic oxidation sites excluding steroid dienone is 2. The van der Waals surface area contributed by atoms with Crippen molar-refractivity contribution in [2.24, 2.45) is 0 Å². The molecule has 0 aromatic heterocycles. The van der Waals surface area contributed by atoms with Crippen molar-refractivity contribution in [2.75, 3.05) is 0 Å². The van der Waals surface area contributed by atoms with E-state index in [9.17, 15) is 4.79 Å². The van der Waals surface area contributed by atoms with Gasteiger partial charge in [0.2, 0.25) is 0 Å². The van der Waals surface area contributed by atoms with Gasteiger partial charge in [0.1, 0.15) is 6.10 Å². The molecular weight excluding hydrogens is 140 g/mol. The largest absolute Gasteiger partial charge is 0.385 e. The fourth-order valence-corrected chi connectivity index (χ4v) is 1.27. The van der Waals surface area contributed by atoms with E-state index in [1.807, 2.05) is 0 Å². The summed E-state index contributed by atoms with van der Waals surface area (Å²) in [6.07, 6.45) is 2.22. The number of carbonyl (C=O) groups excluding carboxylic acids is 1. The van der Waals surface area contributed by atoms with E-state index in [-0.39, 0.29) is 5.78 Å². The van der Waals surface area contributed by atoms with Crippen molar-refractivity contribution < 1.29 is 9.90 Å². The van der Waals surface area contributed by atoms with E-state index < -0.39 is 6.10 Å². The molecule has 0 aromatic carbocycles. The summed E-state index contributed by atoms with van der Waals surface area (Å²) in [5, 5.41) is 9.14. The average Bonchev–Trinajstić information content (AvgIpc) is 2.01. The summed E-state index contributed by atoms with van der Waals surface area (Å²) in [6.45, 7) is 5.34. The van der Waals surface area contributed by atoms with Crippen LogP contribution in [0.3, 0.4) is 0 Å². The van der Waals surface area contributed by atoms with Crippen LogP contribution in [-0.4, -0.2) is 17.0 Å². The lowest BCUT2D eigenvalue weighted by Gasteiger charge is -2.18. The average molecular weight is 152 g/mol. The Morgan fingerprint density at radius 2 is 2.36 bits per heavy atom. The third-order valence-electron chi connectivity index (χ3n) is 2.09. The predicted molar refractivity (Wildman–Crippen MR) is 43.1 cm³/mol. The van der Waals surface area contributed by atoms with Gasteiger partial charge in [0.05, 0.1) is 0 Å². The van der Waals surface area contributed by atoms with Gasteiger partial charge in [-0.15, -0.1) is 0 Å². The van der Waals surface area contributed by atoms with Crippen molar-refractivity contribution in [2.45, 2.75) is 25.9 Å². The molecule has 0 saturated heterocycles. The van der Waals surface area contributed by atoms with Gasteiger partial charge >= 0.3 is 0 Å². The number of rotatable bonds is 1. The number of hydrogen-bond acceptors (Lipinski definition) is 2. The second kappa shape index (κ2) is 3.01. The van der Waals surface area contributed by atoms with Gasteiger partial charge in [-0.2, -0.15) is 0 Å². The fourth-order valence-electron chi connectivity index (χ4n) is 1.27.